The Kier molecular flexibility index (Phi) is 7.07. The predicted molar refractivity (Wildman–Crippen MR) is 208 cm³/mol. The number of benzene rings is 8. The highest BCUT2D eigenvalue weighted by molar-refractivity contribution is 7.26. The third-order valence-electron chi connectivity index (χ3n) is 9.24. The summed E-state index contributed by atoms with van der Waals surface area (Å²) >= 11 is 1.87. The van der Waals surface area contributed by atoms with E-state index in [0.717, 1.165) is 11.4 Å². The molecule has 0 N–H and O–H groups in total. The van der Waals surface area contributed by atoms with Gasteiger partial charge in [-0.05, 0) is 86.6 Å². The Morgan fingerprint density at radius 1 is 0.354 bits per heavy atom. The van der Waals surface area contributed by atoms with E-state index >= 15 is 0 Å². The monoisotopic (exact) mass is 629 g/mol. The van der Waals surface area contributed by atoms with Crippen molar-refractivity contribution >= 4 is 59.3 Å². The van der Waals surface area contributed by atoms with Crippen molar-refractivity contribution in [1.29, 1.82) is 0 Å². The maximum atomic E-state index is 2.43. The van der Waals surface area contributed by atoms with Crippen molar-refractivity contribution in [2.75, 3.05) is 4.90 Å². The maximum Gasteiger partial charge on any atom is 0.0640 e. The van der Waals surface area contributed by atoms with Crippen molar-refractivity contribution in [3.05, 3.63) is 188 Å². The molecule has 0 aliphatic carbocycles. The summed E-state index contributed by atoms with van der Waals surface area (Å²) in [6.07, 6.45) is 0. The summed E-state index contributed by atoms with van der Waals surface area (Å²) in [6, 6.07) is 68.1. The van der Waals surface area contributed by atoms with Crippen LogP contribution >= 0.6 is 11.3 Å². The minimum absolute atomic E-state index is 1.12. The Labute approximate surface area is 284 Å². The average molecular weight is 630 g/mol. The lowest BCUT2D eigenvalue weighted by Gasteiger charge is -2.27. The molecule has 0 aliphatic heterocycles. The molecular weight excluding hydrogens is 599 g/mol. The Morgan fingerprint density at radius 2 is 0.896 bits per heavy atom. The van der Waals surface area contributed by atoms with Gasteiger partial charge >= 0.3 is 0 Å². The van der Waals surface area contributed by atoms with Gasteiger partial charge in [0.15, 0.2) is 0 Å². The quantitative estimate of drug-likeness (QED) is 0.177. The minimum Gasteiger partial charge on any atom is -0.309 e. The standard InChI is InChI=1S/C46H31NS/c1-2-13-32(14-3-1)35-18-9-21-38(30-35)47(44-27-12-26-43-42-24-6-7-28-45(42)48-46(43)44)39-22-10-19-36(31-39)34-17-8-20-37(29-34)41-25-11-16-33-15-4-5-23-40(33)41/h1-31H. The zero-order valence-corrected chi connectivity index (χ0v) is 27.1. The largest absolute Gasteiger partial charge is 0.309 e. The van der Waals surface area contributed by atoms with Gasteiger partial charge in [-0.1, -0.05) is 146 Å². The van der Waals surface area contributed by atoms with Gasteiger partial charge in [0.05, 0.1) is 10.4 Å². The molecule has 0 aliphatic rings. The van der Waals surface area contributed by atoms with Gasteiger partial charge in [0.2, 0.25) is 0 Å². The SMILES string of the molecule is c1ccc(-c2cccc(N(c3cccc(-c4cccc(-c5cccc6ccccc56)c4)c3)c3cccc4c3sc3ccccc34)c2)cc1. The Hall–Kier alpha value is -5.96. The first-order chi connectivity index (χ1) is 23.8. The van der Waals surface area contributed by atoms with E-state index in [0.29, 0.717) is 0 Å². The third kappa shape index (κ3) is 5.04. The topological polar surface area (TPSA) is 3.24 Å². The van der Waals surface area contributed by atoms with E-state index < -0.39 is 0 Å². The van der Waals surface area contributed by atoms with E-state index in [9.17, 15) is 0 Å². The van der Waals surface area contributed by atoms with Gasteiger partial charge in [-0.25, -0.2) is 0 Å². The molecule has 0 atom stereocenters. The summed E-state index contributed by atoms with van der Waals surface area (Å²) in [6.45, 7) is 0. The molecule has 0 spiro atoms. The van der Waals surface area contributed by atoms with Crippen molar-refractivity contribution in [1.82, 2.24) is 0 Å². The van der Waals surface area contributed by atoms with Gasteiger partial charge in [-0.2, -0.15) is 0 Å². The summed E-state index contributed by atoms with van der Waals surface area (Å²) in [5, 5.41) is 5.12. The second kappa shape index (κ2) is 12.0. The number of nitrogens with zero attached hydrogens (tertiary/aromatic N) is 1. The number of anilines is 3. The van der Waals surface area contributed by atoms with Crippen molar-refractivity contribution in [2.24, 2.45) is 0 Å². The van der Waals surface area contributed by atoms with Gasteiger partial charge in [-0.15, -0.1) is 11.3 Å². The minimum atomic E-state index is 1.12. The van der Waals surface area contributed by atoms with Crippen LogP contribution < -0.4 is 4.90 Å². The lowest BCUT2D eigenvalue weighted by molar-refractivity contribution is 1.30. The summed E-state index contributed by atoms with van der Waals surface area (Å²) in [5.41, 5.74) is 10.7. The molecule has 0 fully saturated rings. The zero-order chi connectivity index (χ0) is 31.9. The normalized spacial score (nSPS) is 11.3. The number of thiophene rings is 1. The molecule has 0 amide bonds. The highest BCUT2D eigenvalue weighted by atomic mass is 32.1. The fraction of sp³-hybridized carbons (Fsp3) is 0. The third-order valence-corrected chi connectivity index (χ3v) is 10.4. The van der Waals surface area contributed by atoms with Crippen LogP contribution in [0, 0.1) is 0 Å². The van der Waals surface area contributed by atoms with Crippen LogP contribution in [0.2, 0.25) is 0 Å². The fourth-order valence-electron chi connectivity index (χ4n) is 6.96. The average Bonchev–Trinajstić information content (AvgIpc) is 3.55. The van der Waals surface area contributed by atoms with Crippen LogP contribution in [0.15, 0.2) is 188 Å². The van der Waals surface area contributed by atoms with Crippen LogP contribution in [0.3, 0.4) is 0 Å². The molecule has 9 rings (SSSR count). The molecule has 226 valence electrons. The highest BCUT2D eigenvalue weighted by Crippen LogP contribution is 2.46. The molecule has 0 saturated heterocycles. The first-order valence-electron chi connectivity index (χ1n) is 16.3. The number of hydrogen-bond acceptors (Lipinski definition) is 2. The molecule has 1 nitrogen and oxygen atoms in total. The van der Waals surface area contributed by atoms with E-state index in [2.05, 4.69) is 193 Å². The van der Waals surface area contributed by atoms with Crippen LogP contribution in [0.25, 0.3) is 64.3 Å². The molecule has 0 unspecified atom stereocenters. The number of rotatable bonds is 6. The number of hydrogen-bond donors (Lipinski definition) is 0. The van der Waals surface area contributed by atoms with Crippen LogP contribution in [0.1, 0.15) is 0 Å². The Morgan fingerprint density at radius 3 is 1.71 bits per heavy atom. The molecule has 0 bridgehead atoms. The van der Waals surface area contributed by atoms with Gasteiger partial charge in [-0.3, -0.25) is 0 Å². The molecule has 0 radical (unpaired) electrons. The van der Waals surface area contributed by atoms with E-state index in [-0.39, 0.29) is 0 Å². The first kappa shape index (κ1) is 28.3. The highest BCUT2D eigenvalue weighted by Gasteiger charge is 2.19. The van der Waals surface area contributed by atoms with Crippen LogP contribution in [-0.4, -0.2) is 0 Å². The predicted octanol–water partition coefficient (Wildman–Crippen LogP) is 13.7. The lowest BCUT2D eigenvalue weighted by atomic mass is 9.95. The summed E-state index contributed by atoms with van der Waals surface area (Å²) < 4.78 is 2.59. The van der Waals surface area contributed by atoms with Crippen molar-refractivity contribution < 1.29 is 0 Å². The van der Waals surface area contributed by atoms with Crippen molar-refractivity contribution in [2.45, 2.75) is 0 Å². The van der Waals surface area contributed by atoms with Crippen molar-refractivity contribution in [3.63, 3.8) is 0 Å². The summed E-state index contributed by atoms with van der Waals surface area (Å²) in [7, 11) is 0. The van der Waals surface area contributed by atoms with Crippen molar-refractivity contribution in [3.8, 4) is 33.4 Å². The summed E-state index contributed by atoms with van der Waals surface area (Å²) in [4.78, 5) is 2.43. The first-order valence-corrected chi connectivity index (χ1v) is 17.2. The van der Waals surface area contributed by atoms with Crippen LogP contribution in [0.5, 0.6) is 0 Å². The zero-order valence-electron chi connectivity index (χ0n) is 26.3. The molecule has 48 heavy (non-hydrogen) atoms. The lowest BCUT2D eigenvalue weighted by Crippen LogP contribution is -2.10. The fourth-order valence-corrected chi connectivity index (χ4v) is 8.17. The van der Waals surface area contributed by atoms with Crippen LogP contribution in [-0.2, 0) is 0 Å². The van der Waals surface area contributed by atoms with Gasteiger partial charge in [0.1, 0.15) is 0 Å². The van der Waals surface area contributed by atoms with Gasteiger partial charge in [0.25, 0.3) is 0 Å². The second-order valence-corrected chi connectivity index (χ2v) is 13.2. The Balaban J connectivity index is 1.21. The Bertz CT molecular complexity index is 2570. The smallest absolute Gasteiger partial charge is 0.0640 e. The number of fused-ring (bicyclic) bond motifs is 4. The molecule has 8 aromatic carbocycles. The van der Waals surface area contributed by atoms with E-state index in [1.54, 1.807) is 0 Å². The molecule has 2 heteroatoms. The van der Waals surface area contributed by atoms with Gasteiger partial charge < -0.3 is 4.90 Å². The summed E-state index contributed by atoms with van der Waals surface area (Å²) in [5.74, 6) is 0. The molecule has 0 saturated carbocycles. The van der Waals surface area contributed by atoms with E-state index in [1.165, 1.54) is 70.0 Å². The molecular formula is C46H31NS. The van der Waals surface area contributed by atoms with E-state index in [4.69, 9.17) is 0 Å². The molecule has 1 heterocycles. The van der Waals surface area contributed by atoms with E-state index in [1.807, 2.05) is 11.3 Å². The van der Waals surface area contributed by atoms with Crippen LogP contribution in [0.4, 0.5) is 17.1 Å². The maximum absolute atomic E-state index is 2.43. The van der Waals surface area contributed by atoms with Gasteiger partial charge in [0, 0.05) is 26.8 Å². The second-order valence-electron chi connectivity index (χ2n) is 12.2. The molecule has 9 aromatic rings. The molecule has 1 aromatic heterocycles.